The molecule has 1 amide bonds. The zero-order valence-electron chi connectivity index (χ0n) is 16.9. The number of amides is 1. The molecule has 0 spiro atoms. The molecule has 2 aromatic rings. The predicted molar refractivity (Wildman–Crippen MR) is 103 cm³/mol. The molecule has 31 heavy (non-hydrogen) atoms. The molecule has 2 aromatic heterocycles. The molecule has 3 atom stereocenters. The Balaban J connectivity index is 1.48. The average Bonchev–Trinajstić information content (AvgIpc) is 3.35. The van der Waals surface area contributed by atoms with Crippen LogP contribution in [0.5, 0.6) is 0 Å². The molecule has 0 bridgehead atoms. The maximum Gasteiger partial charge on any atom is 0.425 e. The van der Waals surface area contributed by atoms with Gasteiger partial charge in [-0.1, -0.05) is 0 Å². The summed E-state index contributed by atoms with van der Waals surface area (Å²) in [5.74, 6) is 1.56. The van der Waals surface area contributed by atoms with E-state index in [9.17, 15) is 18.0 Å². The van der Waals surface area contributed by atoms with Crippen LogP contribution in [0.1, 0.15) is 12.6 Å². The summed E-state index contributed by atoms with van der Waals surface area (Å²) < 4.78 is 48.7. The molecular weight excluding hydrogens is 419 g/mol. The highest BCUT2D eigenvalue weighted by Crippen LogP contribution is 2.29. The number of aromatic amines is 1. The summed E-state index contributed by atoms with van der Waals surface area (Å²) in [5, 5.41) is 9.80. The summed E-state index contributed by atoms with van der Waals surface area (Å²) >= 11 is 0. The number of alkyl halides is 3. The molecule has 13 heteroatoms. The van der Waals surface area contributed by atoms with Crippen LogP contribution in [0.4, 0.5) is 35.5 Å². The number of hydrogen-bond donors (Lipinski definition) is 2. The van der Waals surface area contributed by atoms with Gasteiger partial charge in [-0.3, -0.25) is 10.00 Å². The van der Waals surface area contributed by atoms with E-state index < -0.39 is 24.4 Å². The van der Waals surface area contributed by atoms with Crippen molar-refractivity contribution in [2.45, 2.75) is 38.3 Å². The quantitative estimate of drug-likeness (QED) is 0.744. The molecule has 4 rings (SSSR count). The second kappa shape index (κ2) is 8.21. The minimum atomic E-state index is -4.61. The Morgan fingerprint density at radius 2 is 2.16 bits per heavy atom. The minimum absolute atomic E-state index is 0.152. The molecule has 168 valence electrons. The zero-order chi connectivity index (χ0) is 22.2. The van der Waals surface area contributed by atoms with Crippen molar-refractivity contribution in [3.8, 4) is 0 Å². The van der Waals surface area contributed by atoms with Gasteiger partial charge in [-0.25, -0.2) is 9.78 Å². The van der Waals surface area contributed by atoms with Crippen LogP contribution in [0, 0.1) is 6.92 Å². The molecule has 0 radical (unpaired) electrons. The van der Waals surface area contributed by atoms with Crippen molar-refractivity contribution in [3.63, 3.8) is 0 Å². The fourth-order valence-corrected chi connectivity index (χ4v) is 3.58. The van der Waals surface area contributed by atoms with Crippen LogP contribution in [0.25, 0.3) is 0 Å². The Morgan fingerprint density at radius 3 is 2.87 bits per heavy atom. The number of nitrogens with zero attached hydrogens (tertiary/aromatic N) is 5. The van der Waals surface area contributed by atoms with Crippen molar-refractivity contribution < 1.29 is 27.4 Å². The number of nitrogens with one attached hydrogen (secondary N) is 2. The van der Waals surface area contributed by atoms with Crippen molar-refractivity contribution in [1.29, 1.82) is 0 Å². The molecule has 0 aliphatic carbocycles. The molecule has 2 fully saturated rings. The van der Waals surface area contributed by atoms with E-state index in [0.717, 1.165) is 6.92 Å². The van der Waals surface area contributed by atoms with E-state index >= 15 is 0 Å². The highest BCUT2D eigenvalue weighted by molar-refractivity contribution is 5.69. The molecule has 0 unspecified atom stereocenters. The Kier molecular flexibility index (Phi) is 5.60. The number of hydrogen-bond acceptors (Lipinski definition) is 8. The first-order valence-corrected chi connectivity index (χ1v) is 9.73. The highest BCUT2D eigenvalue weighted by atomic mass is 19.4. The van der Waals surface area contributed by atoms with Crippen LogP contribution in [-0.2, 0) is 9.47 Å². The van der Waals surface area contributed by atoms with Crippen molar-refractivity contribution in [1.82, 2.24) is 25.1 Å². The number of halogens is 3. The molecule has 0 aromatic carbocycles. The van der Waals surface area contributed by atoms with Gasteiger partial charge in [0.2, 0.25) is 5.95 Å². The maximum absolute atomic E-state index is 12.8. The molecule has 4 heterocycles. The zero-order valence-corrected chi connectivity index (χ0v) is 16.9. The summed E-state index contributed by atoms with van der Waals surface area (Å²) in [7, 11) is 0. The Bertz CT molecular complexity index is 925. The molecule has 10 nitrogen and oxygen atoms in total. The lowest BCUT2D eigenvalue weighted by Gasteiger charge is -2.36. The number of morpholine rings is 1. The van der Waals surface area contributed by atoms with Crippen molar-refractivity contribution >= 4 is 23.7 Å². The third kappa shape index (κ3) is 4.65. The molecular formula is C18H22F3N7O3. The van der Waals surface area contributed by atoms with E-state index in [4.69, 9.17) is 4.74 Å². The van der Waals surface area contributed by atoms with E-state index in [1.54, 1.807) is 18.3 Å². The normalized spacial score (nSPS) is 22.2. The van der Waals surface area contributed by atoms with Crippen LogP contribution in [0.15, 0.2) is 18.3 Å². The van der Waals surface area contributed by atoms with Gasteiger partial charge in [0, 0.05) is 43.7 Å². The van der Waals surface area contributed by atoms with E-state index in [-0.39, 0.29) is 19.3 Å². The van der Waals surface area contributed by atoms with Crippen LogP contribution >= 0.6 is 0 Å². The van der Waals surface area contributed by atoms with Gasteiger partial charge in [-0.2, -0.15) is 23.3 Å². The van der Waals surface area contributed by atoms with Gasteiger partial charge in [0.05, 0.1) is 18.8 Å². The standard InChI is InChI=1S/C18H22F3N7O3/c1-10-7-15(24-14-3-4-22-26-14)25-16(23-10)27-8-12-13(9-27)30-6-5-28(12)17(29)31-11(2)18(19,20)21/h3-4,7,11-13H,5-6,8-9H2,1-2H3,(H2,22,23,24,25,26)/t11-,12+,13+/m0/s1. The van der Waals surface area contributed by atoms with E-state index in [2.05, 4.69) is 30.2 Å². The summed E-state index contributed by atoms with van der Waals surface area (Å²) in [6, 6.07) is 3.05. The van der Waals surface area contributed by atoms with Gasteiger partial charge in [-0.05, 0) is 13.8 Å². The first kappa shape index (κ1) is 21.2. The number of aromatic nitrogens is 4. The predicted octanol–water partition coefficient (Wildman–Crippen LogP) is 2.23. The fraction of sp³-hybridized carbons (Fsp3) is 0.556. The van der Waals surface area contributed by atoms with E-state index in [0.29, 0.717) is 36.4 Å². The van der Waals surface area contributed by atoms with E-state index in [1.165, 1.54) is 4.90 Å². The molecule has 2 aliphatic heterocycles. The fourth-order valence-electron chi connectivity index (χ4n) is 3.58. The lowest BCUT2D eigenvalue weighted by molar-refractivity contribution is -0.201. The van der Waals surface area contributed by atoms with Crippen molar-refractivity contribution in [2.75, 3.05) is 36.5 Å². The smallest absolute Gasteiger partial charge is 0.425 e. The first-order chi connectivity index (χ1) is 14.7. The molecule has 2 aliphatic rings. The lowest BCUT2D eigenvalue weighted by atomic mass is 10.1. The van der Waals surface area contributed by atoms with E-state index in [1.807, 2.05) is 11.8 Å². The third-order valence-electron chi connectivity index (χ3n) is 5.16. The monoisotopic (exact) mass is 441 g/mol. The van der Waals surface area contributed by atoms with Gasteiger partial charge >= 0.3 is 12.3 Å². The van der Waals surface area contributed by atoms with Crippen LogP contribution in [0.3, 0.4) is 0 Å². The van der Waals surface area contributed by atoms with Gasteiger partial charge in [0.25, 0.3) is 0 Å². The molecule has 0 saturated carbocycles. The SMILES string of the molecule is Cc1cc(Nc2cc[nH]n2)nc(N2C[C@@H]3[C@@H](C2)OCCN3C(=O)O[C@@H](C)C(F)(F)F)n1. The average molecular weight is 441 g/mol. The number of fused-ring (bicyclic) bond motifs is 1. The molecule has 2 saturated heterocycles. The maximum atomic E-state index is 12.8. The molecule has 2 N–H and O–H groups in total. The van der Waals surface area contributed by atoms with Crippen molar-refractivity contribution in [3.05, 3.63) is 24.0 Å². The number of ether oxygens (including phenoxy) is 2. The number of anilines is 3. The third-order valence-corrected chi connectivity index (χ3v) is 5.16. The summed E-state index contributed by atoms with van der Waals surface area (Å²) in [5.41, 5.74) is 0.717. The summed E-state index contributed by atoms with van der Waals surface area (Å²) in [4.78, 5) is 24.5. The number of rotatable bonds is 4. The van der Waals surface area contributed by atoms with Gasteiger partial charge < -0.3 is 19.7 Å². The minimum Gasteiger partial charge on any atom is -0.437 e. The second-order valence-corrected chi connectivity index (χ2v) is 7.42. The number of aryl methyl sites for hydroxylation is 1. The van der Waals surface area contributed by atoms with Crippen LogP contribution in [0.2, 0.25) is 0 Å². The second-order valence-electron chi connectivity index (χ2n) is 7.42. The van der Waals surface area contributed by atoms with Gasteiger partial charge in [-0.15, -0.1) is 0 Å². The van der Waals surface area contributed by atoms with Crippen LogP contribution in [-0.4, -0.2) is 81.8 Å². The Hall–Kier alpha value is -3.09. The van der Waals surface area contributed by atoms with Crippen LogP contribution < -0.4 is 10.2 Å². The summed E-state index contributed by atoms with van der Waals surface area (Å²) in [6.45, 7) is 3.71. The topological polar surface area (TPSA) is 108 Å². The summed E-state index contributed by atoms with van der Waals surface area (Å²) in [6.07, 6.45) is -6.51. The Labute approximate surface area is 175 Å². The number of carbonyl (C=O) groups excluding carboxylic acids is 1. The first-order valence-electron chi connectivity index (χ1n) is 9.73. The van der Waals surface area contributed by atoms with Gasteiger partial charge in [0.1, 0.15) is 5.82 Å². The largest absolute Gasteiger partial charge is 0.437 e. The van der Waals surface area contributed by atoms with Crippen molar-refractivity contribution in [2.24, 2.45) is 0 Å². The number of carbonyl (C=O) groups is 1. The Morgan fingerprint density at radius 1 is 1.35 bits per heavy atom. The highest BCUT2D eigenvalue weighted by Gasteiger charge is 2.46. The number of H-pyrrole nitrogens is 1. The van der Waals surface area contributed by atoms with Gasteiger partial charge in [0.15, 0.2) is 11.9 Å². The lowest BCUT2D eigenvalue weighted by Crippen LogP contribution is -2.54.